The molecule has 1 aliphatic rings. The van der Waals surface area contributed by atoms with E-state index < -0.39 is 0 Å². The van der Waals surface area contributed by atoms with Gasteiger partial charge in [0.1, 0.15) is 0 Å². The van der Waals surface area contributed by atoms with Gasteiger partial charge in [-0.2, -0.15) is 0 Å². The van der Waals surface area contributed by atoms with Crippen LogP contribution >= 0.6 is 12.2 Å². The standard InChI is InChI=1S/C29H30N4S/c1-5-22-10-6-7-12-26(22)32-20(3)18-24(21(32)4)28-27(25-11-8-9-17-30-25)31-29(34)33(28)23-15-13-19(2)14-16-23/h6-18,27-28H,5H2,1-4H3,(H,31,34)/t27-,28-/m0/s1. The third-order valence-corrected chi connectivity index (χ3v) is 7.13. The number of hydrogen-bond donors (Lipinski definition) is 1. The van der Waals surface area contributed by atoms with Crippen molar-refractivity contribution in [3.05, 3.63) is 113 Å². The molecule has 2 aromatic heterocycles. The van der Waals surface area contributed by atoms with Gasteiger partial charge in [-0.25, -0.2) is 0 Å². The van der Waals surface area contributed by atoms with Crippen molar-refractivity contribution >= 4 is 23.0 Å². The molecule has 5 heteroatoms. The summed E-state index contributed by atoms with van der Waals surface area (Å²) in [7, 11) is 0. The number of aromatic nitrogens is 2. The molecule has 0 spiro atoms. The van der Waals surface area contributed by atoms with Gasteiger partial charge in [0.2, 0.25) is 0 Å². The molecule has 1 N–H and O–H groups in total. The summed E-state index contributed by atoms with van der Waals surface area (Å²) in [6, 6.07) is 25.6. The zero-order valence-corrected chi connectivity index (χ0v) is 20.9. The molecule has 0 unspecified atom stereocenters. The Kier molecular flexibility index (Phi) is 5.96. The van der Waals surface area contributed by atoms with Crippen molar-refractivity contribution in [2.24, 2.45) is 0 Å². The van der Waals surface area contributed by atoms with Crippen molar-refractivity contribution < 1.29 is 0 Å². The van der Waals surface area contributed by atoms with Crippen LogP contribution in [0.5, 0.6) is 0 Å². The van der Waals surface area contributed by atoms with Crippen LogP contribution in [0.1, 0.15) is 52.8 Å². The largest absolute Gasteiger partial charge is 0.351 e. The predicted molar refractivity (Wildman–Crippen MR) is 144 cm³/mol. The molecule has 0 amide bonds. The second-order valence-corrected chi connectivity index (χ2v) is 9.36. The van der Waals surface area contributed by atoms with E-state index in [9.17, 15) is 0 Å². The Morgan fingerprint density at radius 1 is 0.941 bits per heavy atom. The monoisotopic (exact) mass is 466 g/mol. The maximum atomic E-state index is 5.91. The molecule has 4 aromatic rings. The van der Waals surface area contributed by atoms with Gasteiger partial charge in [0.15, 0.2) is 5.11 Å². The van der Waals surface area contributed by atoms with Gasteiger partial charge in [-0.3, -0.25) is 4.98 Å². The maximum Gasteiger partial charge on any atom is 0.174 e. The molecule has 0 bridgehead atoms. The molecule has 4 nitrogen and oxygen atoms in total. The maximum absolute atomic E-state index is 5.91. The van der Waals surface area contributed by atoms with E-state index in [1.807, 2.05) is 18.3 Å². The average Bonchev–Trinajstić information content (AvgIpc) is 3.35. The van der Waals surface area contributed by atoms with Gasteiger partial charge in [-0.05, 0) is 86.9 Å². The quantitative estimate of drug-likeness (QED) is 0.339. The Hall–Kier alpha value is -3.44. The second kappa shape index (κ2) is 9.07. The van der Waals surface area contributed by atoms with Gasteiger partial charge < -0.3 is 14.8 Å². The normalized spacial score (nSPS) is 17.8. The molecule has 172 valence electrons. The van der Waals surface area contributed by atoms with Crippen LogP contribution in [0.4, 0.5) is 5.69 Å². The Bertz CT molecular complexity index is 1320. The molecule has 34 heavy (non-hydrogen) atoms. The number of rotatable bonds is 5. The van der Waals surface area contributed by atoms with Crippen LogP contribution in [0.25, 0.3) is 5.69 Å². The van der Waals surface area contributed by atoms with E-state index in [0.717, 1.165) is 22.9 Å². The molecule has 5 rings (SSSR count). The van der Waals surface area contributed by atoms with E-state index in [1.54, 1.807) is 0 Å². The lowest BCUT2D eigenvalue weighted by Crippen LogP contribution is -2.29. The lowest BCUT2D eigenvalue weighted by atomic mass is 9.96. The second-order valence-electron chi connectivity index (χ2n) is 8.98. The van der Waals surface area contributed by atoms with Crippen LogP contribution in [-0.4, -0.2) is 14.7 Å². The predicted octanol–water partition coefficient (Wildman–Crippen LogP) is 6.54. The summed E-state index contributed by atoms with van der Waals surface area (Å²) in [5.41, 5.74) is 9.60. The molecule has 1 aliphatic heterocycles. The summed E-state index contributed by atoms with van der Waals surface area (Å²) < 4.78 is 2.39. The van der Waals surface area contributed by atoms with Gasteiger partial charge in [0, 0.05) is 29.0 Å². The highest BCUT2D eigenvalue weighted by atomic mass is 32.1. The molecule has 0 saturated carbocycles. The first-order valence-corrected chi connectivity index (χ1v) is 12.2. The van der Waals surface area contributed by atoms with Gasteiger partial charge in [0.25, 0.3) is 0 Å². The van der Waals surface area contributed by atoms with E-state index >= 15 is 0 Å². The highest BCUT2D eigenvalue weighted by molar-refractivity contribution is 7.80. The van der Waals surface area contributed by atoms with Gasteiger partial charge >= 0.3 is 0 Å². The molecular weight excluding hydrogens is 436 g/mol. The minimum Gasteiger partial charge on any atom is -0.351 e. The molecule has 3 heterocycles. The topological polar surface area (TPSA) is 33.1 Å². The molecule has 2 atom stereocenters. The van der Waals surface area contributed by atoms with E-state index in [2.05, 4.69) is 103 Å². The van der Waals surface area contributed by atoms with Crippen molar-refractivity contribution in [2.75, 3.05) is 4.90 Å². The minimum absolute atomic E-state index is 0.0150. The summed E-state index contributed by atoms with van der Waals surface area (Å²) in [6.45, 7) is 8.73. The van der Waals surface area contributed by atoms with Gasteiger partial charge in [-0.15, -0.1) is 0 Å². The molecule has 0 aliphatic carbocycles. The smallest absolute Gasteiger partial charge is 0.174 e. The lowest BCUT2D eigenvalue weighted by Gasteiger charge is -2.28. The third kappa shape index (κ3) is 3.80. The Morgan fingerprint density at radius 3 is 2.38 bits per heavy atom. The SMILES string of the molecule is CCc1ccccc1-n1c(C)cc([C@H]2[C@H](c3ccccn3)NC(=S)N2c2ccc(C)cc2)c1C. The van der Waals surface area contributed by atoms with Crippen LogP contribution < -0.4 is 10.2 Å². The van der Waals surface area contributed by atoms with Crippen LogP contribution in [-0.2, 0) is 6.42 Å². The highest BCUT2D eigenvalue weighted by Crippen LogP contribution is 2.43. The number of aryl methyl sites for hydroxylation is 3. The first-order chi connectivity index (χ1) is 16.5. The van der Waals surface area contributed by atoms with Crippen LogP contribution in [0, 0.1) is 20.8 Å². The molecule has 2 aromatic carbocycles. The molecular formula is C29H30N4S. The number of hydrogen-bond acceptors (Lipinski definition) is 2. The summed E-state index contributed by atoms with van der Waals surface area (Å²) >= 11 is 5.91. The summed E-state index contributed by atoms with van der Waals surface area (Å²) in [5, 5.41) is 4.31. The molecule has 1 fully saturated rings. The third-order valence-electron chi connectivity index (χ3n) is 6.81. The highest BCUT2D eigenvalue weighted by Gasteiger charge is 2.42. The Morgan fingerprint density at radius 2 is 1.68 bits per heavy atom. The molecule has 0 radical (unpaired) electrons. The van der Waals surface area contributed by atoms with Crippen molar-refractivity contribution in [1.82, 2.24) is 14.9 Å². The van der Waals surface area contributed by atoms with E-state index in [4.69, 9.17) is 17.2 Å². The fourth-order valence-corrected chi connectivity index (χ4v) is 5.49. The fourth-order valence-electron chi connectivity index (χ4n) is 5.14. The number of para-hydroxylation sites is 1. The number of anilines is 1. The Labute approximate surface area is 207 Å². The van der Waals surface area contributed by atoms with Crippen molar-refractivity contribution in [3.63, 3.8) is 0 Å². The van der Waals surface area contributed by atoms with E-state index in [1.165, 1.54) is 33.8 Å². The number of thiocarbonyl (C=S) groups is 1. The Balaban J connectivity index is 1.69. The van der Waals surface area contributed by atoms with Crippen molar-refractivity contribution in [3.8, 4) is 5.69 Å². The zero-order valence-electron chi connectivity index (χ0n) is 20.1. The first-order valence-electron chi connectivity index (χ1n) is 11.8. The van der Waals surface area contributed by atoms with E-state index in [-0.39, 0.29) is 12.1 Å². The van der Waals surface area contributed by atoms with Crippen molar-refractivity contribution in [2.45, 2.75) is 46.2 Å². The van der Waals surface area contributed by atoms with Gasteiger partial charge in [-0.1, -0.05) is 48.9 Å². The van der Waals surface area contributed by atoms with Gasteiger partial charge in [0.05, 0.1) is 17.8 Å². The number of pyridine rings is 1. The fraction of sp³-hybridized carbons (Fsp3) is 0.241. The molecule has 1 saturated heterocycles. The number of nitrogens with one attached hydrogen (secondary N) is 1. The summed E-state index contributed by atoms with van der Waals surface area (Å²) in [4.78, 5) is 6.96. The number of nitrogens with zero attached hydrogens (tertiary/aromatic N) is 3. The number of benzene rings is 2. The van der Waals surface area contributed by atoms with Crippen LogP contribution in [0.15, 0.2) is 79.0 Å². The minimum atomic E-state index is -0.0506. The summed E-state index contributed by atoms with van der Waals surface area (Å²) in [6.07, 6.45) is 2.84. The van der Waals surface area contributed by atoms with E-state index in [0.29, 0.717) is 0 Å². The van der Waals surface area contributed by atoms with Crippen LogP contribution in [0.3, 0.4) is 0 Å². The first kappa shape index (κ1) is 22.4. The summed E-state index contributed by atoms with van der Waals surface area (Å²) in [5.74, 6) is 0. The van der Waals surface area contributed by atoms with Crippen molar-refractivity contribution in [1.29, 1.82) is 0 Å². The zero-order chi connectivity index (χ0) is 23.8. The lowest BCUT2D eigenvalue weighted by molar-refractivity contribution is 0.565. The van der Waals surface area contributed by atoms with Crippen LogP contribution in [0.2, 0.25) is 0 Å². The average molecular weight is 467 g/mol.